The number of hydrogen-bond donors (Lipinski definition) is 2. The van der Waals surface area contributed by atoms with E-state index >= 15 is 0 Å². The molecule has 0 saturated carbocycles. The zero-order valence-electron chi connectivity index (χ0n) is 9.55. The third kappa shape index (κ3) is 3.94. The van der Waals surface area contributed by atoms with Crippen LogP contribution in [-0.4, -0.2) is 33.9 Å². The topological polar surface area (TPSA) is 75.1 Å². The van der Waals surface area contributed by atoms with Gasteiger partial charge in [-0.15, -0.1) is 0 Å². The van der Waals surface area contributed by atoms with Crippen LogP contribution in [0.25, 0.3) is 0 Å². The minimum Gasteiger partial charge on any atom is -0.393 e. The van der Waals surface area contributed by atoms with E-state index in [2.05, 4.69) is 15.5 Å². The number of aromatic nitrogens is 2. The van der Waals surface area contributed by atoms with Gasteiger partial charge in [0.1, 0.15) is 0 Å². The second-order valence-electron chi connectivity index (χ2n) is 3.99. The van der Waals surface area contributed by atoms with Crippen molar-refractivity contribution < 1.29 is 9.90 Å². The minimum absolute atomic E-state index is 0.189. The van der Waals surface area contributed by atoms with E-state index in [0.717, 1.165) is 0 Å². The van der Waals surface area contributed by atoms with Gasteiger partial charge in [-0.05, 0) is 18.4 Å². The molecule has 0 saturated heterocycles. The van der Waals surface area contributed by atoms with Crippen molar-refractivity contribution >= 4 is 5.91 Å². The van der Waals surface area contributed by atoms with Crippen LogP contribution in [0.3, 0.4) is 0 Å². The molecule has 5 nitrogen and oxygen atoms in total. The van der Waals surface area contributed by atoms with Crippen LogP contribution < -0.4 is 5.32 Å². The monoisotopic (exact) mass is 223 g/mol. The molecule has 16 heavy (non-hydrogen) atoms. The Kier molecular flexibility index (Phi) is 4.85. The van der Waals surface area contributed by atoms with Gasteiger partial charge in [0.2, 0.25) is 0 Å². The minimum atomic E-state index is -0.379. The second kappa shape index (κ2) is 6.17. The van der Waals surface area contributed by atoms with Crippen molar-refractivity contribution in [3.05, 3.63) is 24.0 Å². The highest BCUT2D eigenvalue weighted by molar-refractivity contribution is 5.93. The molecular weight excluding hydrogens is 206 g/mol. The van der Waals surface area contributed by atoms with Gasteiger partial charge in [-0.25, -0.2) is 0 Å². The van der Waals surface area contributed by atoms with E-state index < -0.39 is 0 Å². The van der Waals surface area contributed by atoms with Gasteiger partial charge in [-0.3, -0.25) is 4.79 Å². The molecule has 0 fully saturated rings. The molecule has 88 valence electrons. The van der Waals surface area contributed by atoms with Crippen molar-refractivity contribution in [3.63, 3.8) is 0 Å². The van der Waals surface area contributed by atoms with Crippen molar-refractivity contribution in [3.8, 4) is 0 Å². The largest absolute Gasteiger partial charge is 0.393 e. The van der Waals surface area contributed by atoms with Crippen molar-refractivity contribution in [2.75, 3.05) is 6.54 Å². The van der Waals surface area contributed by atoms with E-state index in [9.17, 15) is 9.90 Å². The Morgan fingerprint density at radius 3 is 2.81 bits per heavy atom. The fourth-order valence-electron chi connectivity index (χ4n) is 1.19. The Bertz CT molecular complexity index is 327. The second-order valence-corrected chi connectivity index (χ2v) is 3.99. The molecule has 0 aromatic carbocycles. The molecule has 1 atom stereocenters. The third-order valence-corrected chi connectivity index (χ3v) is 2.34. The molecule has 0 radical (unpaired) electrons. The summed E-state index contributed by atoms with van der Waals surface area (Å²) in [7, 11) is 0. The molecule has 1 aromatic rings. The fraction of sp³-hybridized carbons (Fsp3) is 0.545. The number of aliphatic hydroxyl groups is 1. The van der Waals surface area contributed by atoms with Crippen LogP contribution in [0.15, 0.2) is 18.5 Å². The Morgan fingerprint density at radius 1 is 1.50 bits per heavy atom. The van der Waals surface area contributed by atoms with Crippen molar-refractivity contribution in [2.45, 2.75) is 26.4 Å². The van der Waals surface area contributed by atoms with E-state index in [-0.39, 0.29) is 17.9 Å². The first kappa shape index (κ1) is 12.6. The van der Waals surface area contributed by atoms with Gasteiger partial charge in [-0.2, -0.15) is 10.2 Å². The summed E-state index contributed by atoms with van der Waals surface area (Å²) in [6.07, 6.45) is 3.06. The summed E-state index contributed by atoms with van der Waals surface area (Å²) < 4.78 is 0. The number of nitrogens with zero attached hydrogens (tertiary/aromatic N) is 2. The first-order valence-electron chi connectivity index (χ1n) is 5.34. The van der Waals surface area contributed by atoms with Gasteiger partial charge in [-0.1, -0.05) is 13.8 Å². The van der Waals surface area contributed by atoms with E-state index in [1.54, 1.807) is 6.07 Å². The van der Waals surface area contributed by atoms with Gasteiger partial charge in [0.05, 0.1) is 24.1 Å². The normalized spacial score (nSPS) is 12.5. The van der Waals surface area contributed by atoms with Crippen LogP contribution in [0, 0.1) is 5.92 Å². The van der Waals surface area contributed by atoms with Crippen LogP contribution in [0.1, 0.15) is 30.6 Å². The Morgan fingerprint density at radius 2 is 2.25 bits per heavy atom. The number of amides is 1. The quantitative estimate of drug-likeness (QED) is 0.767. The first-order valence-corrected chi connectivity index (χ1v) is 5.34. The zero-order chi connectivity index (χ0) is 12.0. The van der Waals surface area contributed by atoms with Crippen LogP contribution in [0.5, 0.6) is 0 Å². The standard InChI is InChI=1S/C11H17N3O2/c1-8(2)10(15)4-5-12-11(16)9-3-6-13-14-7-9/h3,6-8,10,15H,4-5H2,1-2H3,(H,12,16). The summed E-state index contributed by atoms with van der Waals surface area (Å²) in [5.74, 6) is 0.0188. The maximum atomic E-state index is 11.5. The molecule has 2 N–H and O–H groups in total. The Balaban J connectivity index is 2.31. The number of rotatable bonds is 5. The molecule has 0 aliphatic heterocycles. The summed E-state index contributed by atoms with van der Waals surface area (Å²) in [5, 5.41) is 19.5. The van der Waals surface area contributed by atoms with Gasteiger partial charge in [0.25, 0.3) is 5.91 Å². The number of aliphatic hydroxyl groups excluding tert-OH is 1. The number of carbonyl (C=O) groups is 1. The molecule has 1 aromatic heterocycles. The SMILES string of the molecule is CC(C)C(O)CCNC(=O)c1ccnnc1. The summed E-state index contributed by atoms with van der Waals surface area (Å²) >= 11 is 0. The Labute approximate surface area is 94.9 Å². The van der Waals surface area contributed by atoms with E-state index in [4.69, 9.17) is 0 Å². The van der Waals surface area contributed by atoms with Gasteiger partial charge in [0.15, 0.2) is 0 Å². The molecule has 1 amide bonds. The average Bonchev–Trinajstić information content (AvgIpc) is 2.29. The molecule has 1 unspecified atom stereocenters. The highest BCUT2D eigenvalue weighted by Gasteiger charge is 2.10. The number of hydrogen-bond acceptors (Lipinski definition) is 4. The van der Waals surface area contributed by atoms with Crippen LogP contribution in [0.4, 0.5) is 0 Å². The average molecular weight is 223 g/mol. The van der Waals surface area contributed by atoms with E-state index in [1.165, 1.54) is 12.4 Å². The maximum Gasteiger partial charge on any atom is 0.252 e. The summed E-state index contributed by atoms with van der Waals surface area (Å²) in [6, 6.07) is 1.60. The molecular formula is C11H17N3O2. The van der Waals surface area contributed by atoms with Crippen LogP contribution in [0.2, 0.25) is 0 Å². The van der Waals surface area contributed by atoms with Crippen LogP contribution in [-0.2, 0) is 0 Å². The molecule has 5 heteroatoms. The van der Waals surface area contributed by atoms with Crippen molar-refractivity contribution in [1.82, 2.24) is 15.5 Å². The maximum absolute atomic E-state index is 11.5. The molecule has 0 aliphatic rings. The van der Waals surface area contributed by atoms with Gasteiger partial charge < -0.3 is 10.4 Å². The predicted octanol–water partition coefficient (Wildman–Crippen LogP) is 0.613. The smallest absolute Gasteiger partial charge is 0.252 e. The lowest BCUT2D eigenvalue weighted by atomic mass is 10.0. The van der Waals surface area contributed by atoms with E-state index in [0.29, 0.717) is 18.5 Å². The molecule has 0 spiro atoms. The van der Waals surface area contributed by atoms with Crippen molar-refractivity contribution in [1.29, 1.82) is 0 Å². The van der Waals surface area contributed by atoms with E-state index in [1.807, 2.05) is 13.8 Å². The predicted molar refractivity (Wildman–Crippen MR) is 59.8 cm³/mol. The summed E-state index contributed by atoms with van der Waals surface area (Å²) in [4.78, 5) is 11.5. The highest BCUT2D eigenvalue weighted by Crippen LogP contribution is 2.04. The molecule has 0 bridgehead atoms. The fourth-order valence-corrected chi connectivity index (χ4v) is 1.19. The summed E-state index contributed by atoms with van der Waals surface area (Å²) in [5.41, 5.74) is 0.481. The van der Waals surface area contributed by atoms with Gasteiger partial charge in [0, 0.05) is 6.54 Å². The third-order valence-electron chi connectivity index (χ3n) is 2.34. The first-order chi connectivity index (χ1) is 7.61. The number of nitrogens with one attached hydrogen (secondary N) is 1. The van der Waals surface area contributed by atoms with Crippen LogP contribution >= 0.6 is 0 Å². The lowest BCUT2D eigenvalue weighted by molar-refractivity contribution is 0.0919. The Hall–Kier alpha value is -1.49. The summed E-state index contributed by atoms with van der Waals surface area (Å²) in [6.45, 7) is 4.35. The number of carbonyl (C=O) groups excluding carboxylic acids is 1. The van der Waals surface area contributed by atoms with Gasteiger partial charge >= 0.3 is 0 Å². The highest BCUT2D eigenvalue weighted by atomic mass is 16.3. The zero-order valence-corrected chi connectivity index (χ0v) is 9.55. The lowest BCUT2D eigenvalue weighted by Gasteiger charge is -2.14. The molecule has 1 rings (SSSR count). The lowest BCUT2D eigenvalue weighted by Crippen LogP contribution is -2.28. The molecule has 0 aliphatic carbocycles. The van der Waals surface area contributed by atoms with Crippen molar-refractivity contribution in [2.24, 2.45) is 5.92 Å². The molecule has 1 heterocycles.